The van der Waals surface area contributed by atoms with Gasteiger partial charge in [-0.15, -0.1) is 0 Å². The smallest absolute Gasteiger partial charge is 0.211 e. The number of hydrogen-bond acceptors (Lipinski definition) is 3. The normalized spacial score (nSPS) is 18.8. The van der Waals surface area contributed by atoms with Gasteiger partial charge >= 0.3 is 0 Å². The van der Waals surface area contributed by atoms with Crippen molar-refractivity contribution in [3.63, 3.8) is 0 Å². The lowest BCUT2D eigenvalue weighted by atomic mass is 10.0. The van der Waals surface area contributed by atoms with Gasteiger partial charge in [0.2, 0.25) is 10.0 Å². The fourth-order valence-electron chi connectivity index (χ4n) is 2.13. The summed E-state index contributed by atoms with van der Waals surface area (Å²) >= 11 is 0. The van der Waals surface area contributed by atoms with E-state index in [0.29, 0.717) is 6.54 Å². The summed E-state index contributed by atoms with van der Waals surface area (Å²) in [4.78, 5) is 2.37. The fraction of sp³-hybridized carbons (Fsp3) is 1.00. The van der Waals surface area contributed by atoms with Crippen LogP contribution in [0.5, 0.6) is 0 Å². The molecule has 4 nitrogen and oxygen atoms in total. The van der Waals surface area contributed by atoms with Crippen molar-refractivity contribution in [3.05, 3.63) is 0 Å². The average Bonchev–Trinajstić information content (AvgIpc) is 2.78. The Balaban J connectivity index is 2.42. The van der Waals surface area contributed by atoms with E-state index in [0.717, 1.165) is 25.9 Å². The van der Waals surface area contributed by atoms with Gasteiger partial charge in [0, 0.05) is 12.1 Å². The zero-order chi connectivity index (χ0) is 12.9. The molecule has 1 saturated heterocycles. The van der Waals surface area contributed by atoms with Crippen molar-refractivity contribution in [2.75, 3.05) is 25.4 Å². The number of nitrogens with one attached hydrogen (secondary N) is 1. The van der Waals surface area contributed by atoms with Gasteiger partial charge in [0.15, 0.2) is 0 Å². The van der Waals surface area contributed by atoms with Crippen LogP contribution in [0.3, 0.4) is 0 Å². The van der Waals surface area contributed by atoms with Crippen molar-refractivity contribution in [2.24, 2.45) is 0 Å². The molecule has 1 heterocycles. The summed E-state index contributed by atoms with van der Waals surface area (Å²) in [7, 11) is -3.08. The lowest BCUT2D eigenvalue weighted by Gasteiger charge is -2.35. The zero-order valence-electron chi connectivity index (χ0n) is 11.3. The molecule has 1 N–H and O–H groups in total. The fourth-order valence-corrected chi connectivity index (χ4v) is 3.51. The molecule has 0 aromatic rings. The van der Waals surface area contributed by atoms with Crippen LogP contribution in [0.2, 0.25) is 0 Å². The molecule has 0 aromatic carbocycles. The Morgan fingerprint density at radius 1 is 1.24 bits per heavy atom. The van der Waals surface area contributed by atoms with Crippen molar-refractivity contribution < 1.29 is 8.42 Å². The monoisotopic (exact) mass is 262 g/mol. The molecule has 0 radical (unpaired) electrons. The van der Waals surface area contributed by atoms with Gasteiger partial charge in [-0.25, -0.2) is 13.1 Å². The number of likely N-dealkylation sites (tertiary alicyclic amines) is 1. The maximum absolute atomic E-state index is 11.7. The van der Waals surface area contributed by atoms with Gasteiger partial charge in [0.25, 0.3) is 0 Å². The third kappa shape index (κ3) is 4.94. The molecule has 0 amide bonds. The number of hydrogen-bond donors (Lipinski definition) is 1. The van der Waals surface area contributed by atoms with Gasteiger partial charge in [-0.3, -0.25) is 4.90 Å². The maximum Gasteiger partial charge on any atom is 0.211 e. The average molecular weight is 262 g/mol. The predicted molar refractivity (Wildman–Crippen MR) is 71.6 cm³/mol. The Kier molecular flexibility index (Phi) is 5.41. The van der Waals surface area contributed by atoms with Crippen LogP contribution in [0.15, 0.2) is 0 Å². The molecule has 0 bridgehead atoms. The third-order valence-electron chi connectivity index (χ3n) is 3.45. The zero-order valence-corrected chi connectivity index (χ0v) is 12.1. The lowest BCUT2D eigenvalue weighted by molar-refractivity contribution is 0.158. The van der Waals surface area contributed by atoms with E-state index < -0.39 is 10.0 Å². The van der Waals surface area contributed by atoms with Crippen LogP contribution >= 0.6 is 0 Å². The van der Waals surface area contributed by atoms with Gasteiger partial charge in [0.1, 0.15) is 0 Å². The Hall–Kier alpha value is -0.130. The van der Waals surface area contributed by atoms with E-state index in [4.69, 9.17) is 0 Å². The van der Waals surface area contributed by atoms with E-state index in [1.165, 1.54) is 12.8 Å². The molecule has 0 atom stereocenters. The molecule has 1 aliphatic rings. The molecule has 0 spiro atoms. The van der Waals surface area contributed by atoms with Crippen LogP contribution in [-0.4, -0.2) is 44.2 Å². The lowest BCUT2D eigenvalue weighted by Crippen LogP contribution is -2.50. The molecule has 1 aliphatic heterocycles. The minimum Gasteiger partial charge on any atom is -0.297 e. The Labute approximate surface area is 106 Å². The molecule has 17 heavy (non-hydrogen) atoms. The second-order valence-electron chi connectivity index (χ2n) is 5.50. The molecule has 102 valence electrons. The highest BCUT2D eigenvalue weighted by molar-refractivity contribution is 7.89. The standard InChI is InChI=1S/C12H26N2O2S/c1-4-5-10-17(15,16)13-11-12(2,3)14-8-6-7-9-14/h13H,4-11H2,1-3H3. The molecule has 1 rings (SSSR count). The first-order valence-corrected chi connectivity index (χ1v) is 8.25. The minimum absolute atomic E-state index is 0.0736. The van der Waals surface area contributed by atoms with E-state index in [1.807, 2.05) is 6.92 Å². The van der Waals surface area contributed by atoms with Crippen LogP contribution in [-0.2, 0) is 10.0 Å². The van der Waals surface area contributed by atoms with Crippen molar-refractivity contribution in [1.82, 2.24) is 9.62 Å². The Bertz CT molecular complexity index is 319. The molecule has 0 unspecified atom stereocenters. The van der Waals surface area contributed by atoms with E-state index in [9.17, 15) is 8.42 Å². The van der Waals surface area contributed by atoms with Crippen molar-refractivity contribution in [2.45, 2.75) is 52.0 Å². The Morgan fingerprint density at radius 2 is 1.82 bits per heavy atom. The molecule has 0 aromatic heterocycles. The van der Waals surface area contributed by atoms with Crippen LogP contribution in [0.25, 0.3) is 0 Å². The SMILES string of the molecule is CCCCS(=O)(=O)NCC(C)(C)N1CCCC1. The van der Waals surface area contributed by atoms with E-state index in [-0.39, 0.29) is 11.3 Å². The third-order valence-corrected chi connectivity index (χ3v) is 4.86. The Morgan fingerprint density at radius 3 is 2.35 bits per heavy atom. The number of sulfonamides is 1. The summed E-state index contributed by atoms with van der Waals surface area (Å²) in [6.45, 7) is 8.91. The highest BCUT2D eigenvalue weighted by Crippen LogP contribution is 2.20. The first kappa shape index (κ1) is 14.9. The van der Waals surface area contributed by atoms with Gasteiger partial charge < -0.3 is 0 Å². The maximum atomic E-state index is 11.7. The first-order valence-electron chi connectivity index (χ1n) is 6.60. The summed E-state index contributed by atoms with van der Waals surface area (Å²) in [6, 6.07) is 0. The van der Waals surface area contributed by atoms with E-state index in [2.05, 4.69) is 23.5 Å². The van der Waals surface area contributed by atoms with Crippen LogP contribution in [0.1, 0.15) is 46.5 Å². The number of unbranched alkanes of at least 4 members (excludes halogenated alkanes) is 1. The van der Waals surface area contributed by atoms with Crippen molar-refractivity contribution in [1.29, 1.82) is 0 Å². The minimum atomic E-state index is -3.08. The molecular weight excluding hydrogens is 236 g/mol. The number of rotatable bonds is 7. The van der Waals surface area contributed by atoms with Crippen molar-refractivity contribution >= 4 is 10.0 Å². The molecule has 0 aliphatic carbocycles. The van der Waals surface area contributed by atoms with Crippen LogP contribution in [0, 0.1) is 0 Å². The quantitative estimate of drug-likeness (QED) is 0.758. The summed E-state index contributed by atoms with van der Waals surface area (Å²) in [5.74, 6) is 0.250. The summed E-state index contributed by atoms with van der Waals surface area (Å²) in [5.41, 5.74) is -0.0736. The molecular formula is C12H26N2O2S. The second kappa shape index (κ2) is 6.16. The van der Waals surface area contributed by atoms with Crippen LogP contribution < -0.4 is 4.72 Å². The number of nitrogens with zero attached hydrogens (tertiary/aromatic N) is 1. The van der Waals surface area contributed by atoms with Gasteiger partial charge in [0.05, 0.1) is 5.75 Å². The first-order chi connectivity index (χ1) is 7.87. The molecule has 1 fully saturated rings. The van der Waals surface area contributed by atoms with Crippen LogP contribution in [0.4, 0.5) is 0 Å². The summed E-state index contributed by atoms with van der Waals surface area (Å²) < 4.78 is 26.2. The largest absolute Gasteiger partial charge is 0.297 e. The van der Waals surface area contributed by atoms with Gasteiger partial charge in [-0.2, -0.15) is 0 Å². The summed E-state index contributed by atoms with van der Waals surface area (Å²) in [5, 5.41) is 0. The highest BCUT2D eigenvalue weighted by Gasteiger charge is 2.29. The topological polar surface area (TPSA) is 49.4 Å². The second-order valence-corrected chi connectivity index (χ2v) is 7.43. The van der Waals surface area contributed by atoms with Crippen molar-refractivity contribution in [3.8, 4) is 0 Å². The van der Waals surface area contributed by atoms with Gasteiger partial charge in [-0.1, -0.05) is 13.3 Å². The van der Waals surface area contributed by atoms with Gasteiger partial charge in [-0.05, 0) is 46.2 Å². The highest BCUT2D eigenvalue weighted by atomic mass is 32.2. The molecule has 0 saturated carbocycles. The van der Waals surface area contributed by atoms with E-state index >= 15 is 0 Å². The summed E-state index contributed by atoms with van der Waals surface area (Å²) in [6.07, 6.45) is 4.11. The molecule has 5 heteroatoms. The predicted octanol–water partition coefficient (Wildman–Crippen LogP) is 1.58. The van der Waals surface area contributed by atoms with E-state index in [1.54, 1.807) is 0 Å².